The Morgan fingerprint density at radius 3 is 2.15 bits per heavy atom. The fourth-order valence-electron chi connectivity index (χ4n) is 4.29. The van der Waals surface area contributed by atoms with Gasteiger partial charge in [-0.25, -0.2) is 4.98 Å². The van der Waals surface area contributed by atoms with Crippen molar-refractivity contribution in [3.63, 3.8) is 0 Å². The first-order valence-electron chi connectivity index (χ1n) is 10.0. The molecule has 1 saturated heterocycles. The maximum absolute atomic E-state index is 5.09. The van der Waals surface area contributed by atoms with Crippen LogP contribution in [0.15, 0.2) is 54.6 Å². The summed E-state index contributed by atoms with van der Waals surface area (Å²) in [7, 11) is 0. The molecule has 136 valence electrons. The van der Waals surface area contributed by atoms with Gasteiger partial charge >= 0.3 is 0 Å². The molecular weight excluding hydrogens is 318 g/mol. The summed E-state index contributed by atoms with van der Waals surface area (Å²) in [6, 6.07) is 20.0. The molecular formula is C23H29N3. The maximum atomic E-state index is 5.09. The fourth-order valence-corrected chi connectivity index (χ4v) is 4.29. The minimum Gasteiger partial charge on any atom is -0.319 e. The van der Waals surface area contributed by atoms with Gasteiger partial charge in [-0.15, -0.1) is 0 Å². The second-order valence-electron chi connectivity index (χ2n) is 7.54. The molecule has 0 amide bonds. The van der Waals surface area contributed by atoms with Gasteiger partial charge < -0.3 is 4.57 Å². The van der Waals surface area contributed by atoms with E-state index in [1.807, 2.05) is 0 Å². The van der Waals surface area contributed by atoms with E-state index in [-0.39, 0.29) is 6.04 Å². The molecule has 0 aliphatic carbocycles. The topological polar surface area (TPSA) is 21.1 Å². The highest BCUT2D eigenvalue weighted by atomic mass is 15.2. The second kappa shape index (κ2) is 7.63. The number of para-hydroxylation sites is 2. The minimum absolute atomic E-state index is 0.271. The van der Waals surface area contributed by atoms with Crippen molar-refractivity contribution in [1.29, 1.82) is 0 Å². The van der Waals surface area contributed by atoms with Gasteiger partial charge in [0.1, 0.15) is 5.82 Å². The van der Waals surface area contributed by atoms with E-state index in [1.165, 1.54) is 55.7 Å². The molecule has 2 atom stereocenters. The van der Waals surface area contributed by atoms with E-state index in [4.69, 9.17) is 4.98 Å². The summed E-state index contributed by atoms with van der Waals surface area (Å²) in [6.45, 7) is 7.00. The normalized spacial score (nSPS) is 18.5. The standard InChI is InChI=1S/C23H29N3/c1-18(20-12-6-5-7-13-20)26-22-15-9-8-14-21(22)24-23(26)19(2)25-16-10-3-4-11-17-25/h5-9,12-15,18-19H,3-4,10-11,16-17H2,1-2H3. The maximum Gasteiger partial charge on any atom is 0.127 e. The van der Waals surface area contributed by atoms with Crippen LogP contribution in [-0.2, 0) is 0 Å². The van der Waals surface area contributed by atoms with Gasteiger partial charge in [0.15, 0.2) is 0 Å². The Balaban J connectivity index is 1.78. The van der Waals surface area contributed by atoms with Crippen molar-refractivity contribution in [2.75, 3.05) is 13.1 Å². The molecule has 1 aromatic heterocycles. The molecule has 0 saturated carbocycles. The van der Waals surface area contributed by atoms with Crippen molar-refractivity contribution < 1.29 is 0 Å². The van der Waals surface area contributed by atoms with Gasteiger partial charge in [-0.3, -0.25) is 4.90 Å². The van der Waals surface area contributed by atoms with Crippen LogP contribution in [0.4, 0.5) is 0 Å². The molecule has 2 heterocycles. The Hall–Kier alpha value is -2.13. The van der Waals surface area contributed by atoms with Crippen molar-refractivity contribution in [2.24, 2.45) is 0 Å². The van der Waals surface area contributed by atoms with E-state index in [1.54, 1.807) is 0 Å². The van der Waals surface area contributed by atoms with Crippen LogP contribution in [-0.4, -0.2) is 27.5 Å². The number of hydrogen-bond donors (Lipinski definition) is 0. The average Bonchev–Trinajstić information content (AvgIpc) is 2.86. The third-order valence-corrected chi connectivity index (χ3v) is 5.85. The van der Waals surface area contributed by atoms with Crippen LogP contribution in [0.5, 0.6) is 0 Å². The zero-order chi connectivity index (χ0) is 17.9. The number of imidazole rings is 1. The molecule has 0 spiro atoms. The summed E-state index contributed by atoms with van der Waals surface area (Å²) in [6.07, 6.45) is 5.33. The van der Waals surface area contributed by atoms with Crippen molar-refractivity contribution >= 4 is 11.0 Å². The van der Waals surface area contributed by atoms with Crippen molar-refractivity contribution in [2.45, 2.75) is 51.6 Å². The molecule has 3 nitrogen and oxygen atoms in total. The van der Waals surface area contributed by atoms with Crippen molar-refractivity contribution in [3.05, 3.63) is 66.0 Å². The highest BCUT2D eigenvalue weighted by molar-refractivity contribution is 5.76. The Kier molecular flexibility index (Phi) is 5.07. The summed E-state index contributed by atoms with van der Waals surface area (Å²) >= 11 is 0. The first-order chi connectivity index (χ1) is 12.8. The Labute approximate surface area is 156 Å². The van der Waals surface area contributed by atoms with E-state index in [0.717, 1.165) is 5.52 Å². The zero-order valence-corrected chi connectivity index (χ0v) is 15.9. The average molecular weight is 348 g/mol. The van der Waals surface area contributed by atoms with E-state index in [2.05, 4.69) is 77.9 Å². The molecule has 4 rings (SSSR count). The molecule has 2 aromatic carbocycles. The Bertz CT molecular complexity index is 844. The van der Waals surface area contributed by atoms with Crippen LogP contribution in [0.1, 0.15) is 63.0 Å². The number of hydrogen-bond acceptors (Lipinski definition) is 2. The van der Waals surface area contributed by atoms with Gasteiger partial charge in [0.25, 0.3) is 0 Å². The summed E-state index contributed by atoms with van der Waals surface area (Å²) in [5, 5.41) is 0. The predicted molar refractivity (Wildman–Crippen MR) is 108 cm³/mol. The summed E-state index contributed by atoms with van der Waals surface area (Å²) in [5.74, 6) is 1.20. The molecule has 0 bridgehead atoms. The number of nitrogens with zero attached hydrogens (tertiary/aromatic N) is 3. The molecule has 3 heteroatoms. The summed E-state index contributed by atoms with van der Waals surface area (Å²) in [4.78, 5) is 7.71. The molecule has 3 aromatic rings. The second-order valence-corrected chi connectivity index (χ2v) is 7.54. The zero-order valence-electron chi connectivity index (χ0n) is 15.9. The lowest BCUT2D eigenvalue weighted by atomic mass is 10.1. The molecule has 2 unspecified atom stereocenters. The van der Waals surface area contributed by atoms with Gasteiger partial charge in [0, 0.05) is 0 Å². The van der Waals surface area contributed by atoms with Gasteiger partial charge in [-0.2, -0.15) is 0 Å². The lowest BCUT2D eigenvalue weighted by Crippen LogP contribution is -2.30. The molecule has 0 radical (unpaired) electrons. The van der Waals surface area contributed by atoms with E-state index < -0.39 is 0 Å². The molecule has 0 N–H and O–H groups in total. The first kappa shape index (κ1) is 17.3. The molecule has 26 heavy (non-hydrogen) atoms. The highest BCUT2D eigenvalue weighted by Crippen LogP contribution is 2.31. The molecule has 1 fully saturated rings. The lowest BCUT2D eigenvalue weighted by molar-refractivity contribution is 0.207. The third-order valence-electron chi connectivity index (χ3n) is 5.85. The minimum atomic E-state index is 0.271. The van der Waals surface area contributed by atoms with E-state index in [0.29, 0.717) is 6.04 Å². The van der Waals surface area contributed by atoms with Gasteiger partial charge in [0.2, 0.25) is 0 Å². The summed E-state index contributed by atoms with van der Waals surface area (Å²) in [5.41, 5.74) is 3.67. The van der Waals surface area contributed by atoms with Crippen molar-refractivity contribution in [3.8, 4) is 0 Å². The first-order valence-corrected chi connectivity index (χ1v) is 10.0. The smallest absolute Gasteiger partial charge is 0.127 e. The number of fused-ring (bicyclic) bond motifs is 1. The van der Waals surface area contributed by atoms with Crippen LogP contribution < -0.4 is 0 Å². The van der Waals surface area contributed by atoms with Crippen molar-refractivity contribution in [1.82, 2.24) is 14.5 Å². The van der Waals surface area contributed by atoms with Gasteiger partial charge in [-0.1, -0.05) is 55.3 Å². The summed E-state index contributed by atoms with van der Waals surface area (Å²) < 4.78 is 2.46. The quantitative estimate of drug-likeness (QED) is 0.614. The van der Waals surface area contributed by atoms with E-state index in [9.17, 15) is 0 Å². The Morgan fingerprint density at radius 1 is 0.769 bits per heavy atom. The third kappa shape index (κ3) is 3.28. The fraction of sp³-hybridized carbons (Fsp3) is 0.435. The predicted octanol–water partition coefficient (Wildman–Crippen LogP) is 5.58. The SMILES string of the molecule is CC(c1nc2ccccc2n1C(C)c1ccccc1)N1CCCCCC1. The van der Waals surface area contributed by atoms with E-state index >= 15 is 0 Å². The largest absolute Gasteiger partial charge is 0.319 e. The number of rotatable bonds is 4. The molecule has 1 aliphatic heterocycles. The van der Waals surface area contributed by atoms with Crippen LogP contribution in [0.2, 0.25) is 0 Å². The highest BCUT2D eigenvalue weighted by Gasteiger charge is 2.25. The van der Waals surface area contributed by atoms with Crippen LogP contribution in [0.3, 0.4) is 0 Å². The Morgan fingerprint density at radius 2 is 1.42 bits per heavy atom. The van der Waals surface area contributed by atoms with Gasteiger partial charge in [0.05, 0.1) is 23.1 Å². The number of likely N-dealkylation sites (tertiary alicyclic amines) is 1. The van der Waals surface area contributed by atoms with Crippen LogP contribution in [0, 0.1) is 0 Å². The lowest BCUT2D eigenvalue weighted by Gasteiger charge is -2.29. The number of benzene rings is 2. The number of aromatic nitrogens is 2. The monoisotopic (exact) mass is 347 g/mol. The molecule has 1 aliphatic rings. The van der Waals surface area contributed by atoms with Gasteiger partial charge in [-0.05, 0) is 57.5 Å². The van der Waals surface area contributed by atoms with Crippen LogP contribution in [0.25, 0.3) is 11.0 Å². The van der Waals surface area contributed by atoms with Crippen LogP contribution >= 0.6 is 0 Å².